The molecule has 114 valence electrons. The van der Waals surface area contributed by atoms with E-state index < -0.39 is 5.97 Å². The summed E-state index contributed by atoms with van der Waals surface area (Å²) >= 11 is 0. The largest absolute Gasteiger partial charge is 0.478 e. The third kappa shape index (κ3) is 6.61. The Hall–Kier alpha value is -2.30. The summed E-state index contributed by atoms with van der Waals surface area (Å²) in [5, 5.41) is 14.2. The van der Waals surface area contributed by atoms with Crippen molar-refractivity contribution < 1.29 is 14.7 Å². The summed E-state index contributed by atoms with van der Waals surface area (Å²) in [7, 11) is 0. The van der Waals surface area contributed by atoms with Gasteiger partial charge in [0.1, 0.15) is 0 Å². The second-order valence-electron chi connectivity index (χ2n) is 4.81. The summed E-state index contributed by atoms with van der Waals surface area (Å²) in [6, 6.07) is 7.11. The molecule has 3 N–H and O–H groups in total. The third-order valence-electron chi connectivity index (χ3n) is 3.02. The maximum Gasteiger partial charge on any atom is 0.328 e. The SMILES string of the molecule is CCCCNC(=O)NC(C)c1ccc(C=CC(=O)O)cc1. The van der Waals surface area contributed by atoms with E-state index in [1.165, 1.54) is 6.08 Å². The predicted octanol–water partition coefficient (Wildman–Crippen LogP) is 2.94. The van der Waals surface area contributed by atoms with Gasteiger partial charge in [-0.3, -0.25) is 0 Å². The molecule has 1 aromatic rings. The molecule has 0 aliphatic rings. The summed E-state index contributed by atoms with van der Waals surface area (Å²) < 4.78 is 0. The highest BCUT2D eigenvalue weighted by atomic mass is 16.4. The van der Waals surface area contributed by atoms with Crippen LogP contribution in [0.25, 0.3) is 6.08 Å². The number of nitrogens with one attached hydrogen (secondary N) is 2. The van der Waals surface area contributed by atoms with Crippen LogP contribution in [-0.2, 0) is 4.79 Å². The molecule has 0 saturated heterocycles. The number of unbranched alkanes of at least 4 members (excludes halogenated alkanes) is 1. The highest BCUT2D eigenvalue weighted by molar-refractivity contribution is 5.85. The second kappa shape index (κ2) is 8.79. The van der Waals surface area contributed by atoms with E-state index in [-0.39, 0.29) is 12.1 Å². The average molecular weight is 290 g/mol. The molecule has 2 amide bonds. The van der Waals surface area contributed by atoms with Crippen LogP contribution >= 0.6 is 0 Å². The Bertz CT molecular complexity index is 495. The fourth-order valence-corrected chi connectivity index (χ4v) is 1.77. The summed E-state index contributed by atoms with van der Waals surface area (Å²) in [6.45, 7) is 4.65. The van der Waals surface area contributed by atoms with Crippen LogP contribution < -0.4 is 10.6 Å². The number of aliphatic carboxylic acids is 1. The molecule has 1 unspecified atom stereocenters. The lowest BCUT2D eigenvalue weighted by atomic mass is 10.1. The van der Waals surface area contributed by atoms with Gasteiger partial charge in [-0.05, 0) is 30.5 Å². The number of hydrogen-bond acceptors (Lipinski definition) is 2. The van der Waals surface area contributed by atoms with Gasteiger partial charge < -0.3 is 15.7 Å². The van der Waals surface area contributed by atoms with Crippen molar-refractivity contribution in [1.29, 1.82) is 0 Å². The lowest BCUT2D eigenvalue weighted by Crippen LogP contribution is -2.37. The maximum atomic E-state index is 11.6. The number of carbonyl (C=O) groups excluding carboxylic acids is 1. The zero-order valence-electron chi connectivity index (χ0n) is 12.4. The molecule has 5 nitrogen and oxygen atoms in total. The van der Waals surface area contributed by atoms with Gasteiger partial charge >= 0.3 is 12.0 Å². The quantitative estimate of drug-likeness (QED) is 0.533. The fraction of sp³-hybridized carbons (Fsp3) is 0.375. The molecule has 0 fully saturated rings. The number of hydrogen-bond donors (Lipinski definition) is 3. The number of urea groups is 1. The van der Waals surface area contributed by atoms with Crippen LogP contribution in [-0.4, -0.2) is 23.7 Å². The monoisotopic (exact) mass is 290 g/mol. The van der Waals surface area contributed by atoms with Gasteiger partial charge in [0.05, 0.1) is 6.04 Å². The van der Waals surface area contributed by atoms with Crippen LogP contribution in [0.4, 0.5) is 4.79 Å². The van der Waals surface area contributed by atoms with Gasteiger partial charge in [-0.2, -0.15) is 0 Å². The summed E-state index contributed by atoms with van der Waals surface area (Å²) in [6.07, 6.45) is 4.63. The Labute approximate surface area is 125 Å². The number of carbonyl (C=O) groups is 2. The fourth-order valence-electron chi connectivity index (χ4n) is 1.77. The molecule has 0 saturated carbocycles. The first kappa shape index (κ1) is 16.8. The van der Waals surface area contributed by atoms with Gasteiger partial charge in [-0.25, -0.2) is 9.59 Å². The minimum absolute atomic E-state index is 0.107. The van der Waals surface area contributed by atoms with Gasteiger partial charge in [-0.15, -0.1) is 0 Å². The normalized spacial score (nSPS) is 12.1. The van der Waals surface area contributed by atoms with E-state index in [9.17, 15) is 9.59 Å². The van der Waals surface area contributed by atoms with Crippen molar-refractivity contribution in [2.45, 2.75) is 32.7 Å². The summed E-state index contributed by atoms with van der Waals surface area (Å²) in [5.41, 5.74) is 1.77. The molecule has 1 atom stereocenters. The average Bonchev–Trinajstić information content (AvgIpc) is 2.45. The Balaban J connectivity index is 2.52. The van der Waals surface area contributed by atoms with E-state index in [1.807, 2.05) is 31.2 Å². The third-order valence-corrected chi connectivity index (χ3v) is 3.02. The van der Waals surface area contributed by atoms with Crippen molar-refractivity contribution in [3.8, 4) is 0 Å². The molecule has 0 aromatic heterocycles. The molecule has 1 rings (SSSR count). The first-order chi connectivity index (χ1) is 10.0. The van der Waals surface area contributed by atoms with Crippen molar-refractivity contribution in [2.75, 3.05) is 6.54 Å². The first-order valence-corrected chi connectivity index (χ1v) is 7.08. The van der Waals surface area contributed by atoms with Crippen LogP contribution in [0.2, 0.25) is 0 Å². The van der Waals surface area contributed by atoms with Gasteiger partial charge in [0.2, 0.25) is 0 Å². The molecule has 1 aromatic carbocycles. The van der Waals surface area contributed by atoms with E-state index in [2.05, 4.69) is 17.6 Å². The van der Waals surface area contributed by atoms with E-state index in [4.69, 9.17) is 5.11 Å². The number of carboxylic acid groups (broad SMARTS) is 1. The molecular weight excluding hydrogens is 268 g/mol. The Kier molecular flexibility index (Phi) is 7.01. The molecular formula is C16H22N2O3. The van der Waals surface area contributed by atoms with Crippen molar-refractivity contribution in [2.24, 2.45) is 0 Å². The molecule has 0 bridgehead atoms. The smallest absolute Gasteiger partial charge is 0.328 e. The minimum Gasteiger partial charge on any atom is -0.478 e. The molecule has 0 aliphatic heterocycles. The van der Waals surface area contributed by atoms with E-state index in [0.717, 1.165) is 30.0 Å². The van der Waals surface area contributed by atoms with E-state index in [1.54, 1.807) is 0 Å². The lowest BCUT2D eigenvalue weighted by molar-refractivity contribution is -0.131. The minimum atomic E-state index is -0.974. The first-order valence-electron chi connectivity index (χ1n) is 7.08. The van der Waals surface area contributed by atoms with Crippen molar-refractivity contribution in [3.63, 3.8) is 0 Å². The molecule has 21 heavy (non-hydrogen) atoms. The van der Waals surface area contributed by atoms with E-state index >= 15 is 0 Å². The lowest BCUT2D eigenvalue weighted by Gasteiger charge is -2.15. The summed E-state index contributed by atoms with van der Waals surface area (Å²) in [4.78, 5) is 22.1. The number of amides is 2. The number of carboxylic acids is 1. The van der Waals surface area contributed by atoms with Crippen LogP contribution in [0.15, 0.2) is 30.3 Å². The molecule has 0 radical (unpaired) electrons. The highest BCUT2D eigenvalue weighted by Crippen LogP contribution is 2.14. The zero-order valence-corrected chi connectivity index (χ0v) is 12.4. The number of rotatable bonds is 7. The molecule has 0 spiro atoms. The van der Waals surface area contributed by atoms with Gasteiger partial charge in [0.15, 0.2) is 0 Å². The standard InChI is InChI=1S/C16H22N2O3/c1-3-4-11-17-16(21)18-12(2)14-8-5-13(6-9-14)7-10-15(19)20/h5-10,12H,3-4,11H2,1-2H3,(H,19,20)(H2,17,18,21). The number of benzene rings is 1. The Morgan fingerprint density at radius 1 is 1.29 bits per heavy atom. The van der Waals surface area contributed by atoms with Gasteiger partial charge in [0, 0.05) is 12.6 Å². The molecule has 0 heterocycles. The van der Waals surface area contributed by atoms with E-state index in [0.29, 0.717) is 6.54 Å². The predicted molar refractivity (Wildman–Crippen MR) is 83.0 cm³/mol. The van der Waals surface area contributed by atoms with Crippen LogP contribution in [0.3, 0.4) is 0 Å². The van der Waals surface area contributed by atoms with Gasteiger partial charge in [0.25, 0.3) is 0 Å². The Morgan fingerprint density at radius 2 is 1.95 bits per heavy atom. The zero-order chi connectivity index (χ0) is 15.7. The molecule has 5 heteroatoms. The second-order valence-corrected chi connectivity index (χ2v) is 4.81. The van der Waals surface area contributed by atoms with Crippen LogP contribution in [0, 0.1) is 0 Å². The van der Waals surface area contributed by atoms with Crippen LogP contribution in [0.1, 0.15) is 43.9 Å². The summed E-state index contributed by atoms with van der Waals surface area (Å²) in [5.74, 6) is -0.974. The highest BCUT2D eigenvalue weighted by Gasteiger charge is 2.08. The molecule has 0 aliphatic carbocycles. The van der Waals surface area contributed by atoms with Crippen LogP contribution in [0.5, 0.6) is 0 Å². The van der Waals surface area contributed by atoms with Crippen molar-refractivity contribution in [3.05, 3.63) is 41.5 Å². The topological polar surface area (TPSA) is 78.4 Å². The van der Waals surface area contributed by atoms with Gasteiger partial charge in [-0.1, -0.05) is 37.6 Å². The van der Waals surface area contributed by atoms with Crippen molar-refractivity contribution >= 4 is 18.1 Å². The Morgan fingerprint density at radius 3 is 2.52 bits per heavy atom. The van der Waals surface area contributed by atoms with Crippen molar-refractivity contribution in [1.82, 2.24) is 10.6 Å². The maximum absolute atomic E-state index is 11.6.